The third-order valence-electron chi connectivity index (χ3n) is 10.5. The van der Waals surface area contributed by atoms with Crippen molar-refractivity contribution in [2.24, 2.45) is 17.3 Å². The van der Waals surface area contributed by atoms with Crippen molar-refractivity contribution in [3.63, 3.8) is 0 Å². The Morgan fingerprint density at radius 1 is 0.978 bits per heavy atom. The van der Waals surface area contributed by atoms with Crippen molar-refractivity contribution in [2.45, 2.75) is 163 Å². The molecule has 46 heavy (non-hydrogen) atoms. The molecule has 0 N–H and O–H groups in total. The molecule has 0 spiro atoms. The first-order chi connectivity index (χ1) is 20.9. The van der Waals surface area contributed by atoms with E-state index >= 15 is 0 Å². The molecule has 6 nitrogen and oxygen atoms in total. The molecule has 0 unspecified atom stereocenters. The van der Waals surface area contributed by atoms with Crippen LogP contribution in [0, 0.1) is 36.0 Å². The second-order valence-electron chi connectivity index (χ2n) is 16.9. The molecule has 0 aliphatic carbocycles. The minimum absolute atomic E-state index is 0.0124. The van der Waals surface area contributed by atoms with E-state index in [1.165, 1.54) is 0 Å². The van der Waals surface area contributed by atoms with Crippen molar-refractivity contribution >= 4 is 39.7 Å². The number of thiazole rings is 1. The normalized spacial score (nSPS) is 27.0. The van der Waals surface area contributed by atoms with Gasteiger partial charge in [-0.25, -0.2) is 4.98 Å². The molecule has 0 fully saturated rings. The fourth-order valence-corrected chi connectivity index (χ4v) is 8.69. The van der Waals surface area contributed by atoms with Crippen LogP contribution in [0.4, 0.5) is 0 Å². The Kier molecular flexibility index (Phi) is 13.9. The molecule has 1 aromatic heterocycles. The molecular formula is C37H63NO5SSi2. The first-order valence-electron chi connectivity index (χ1n) is 17.1. The maximum Gasteiger partial charge on any atom is 0.309 e. The summed E-state index contributed by atoms with van der Waals surface area (Å²) in [6, 6.07) is 0. The minimum Gasteiger partial charge on any atom is -0.449 e. The molecule has 1 aromatic rings. The highest BCUT2D eigenvalue weighted by atomic mass is 32.1. The van der Waals surface area contributed by atoms with Gasteiger partial charge in [-0.05, 0) is 74.3 Å². The number of nitrogens with zero attached hydrogens (tertiary/aromatic N) is 1. The molecule has 0 aromatic carbocycles. The van der Waals surface area contributed by atoms with E-state index in [9.17, 15) is 9.59 Å². The number of hydrogen-bond acceptors (Lipinski definition) is 7. The molecule has 0 bridgehead atoms. The quantitative estimate of drug-likeness (QED) is 0.136. The summed E-state index contributed by atoms with van der Waals surface area (Å²) in [5.41, 5.74) is -0.281. The summed E-state index contributed by atoms with van der Waals surface area (Å²) in [7, 11) is -4.57. The molecule has 1 aliphatic rings. The Morgan fingerprint density at radius 2 is 1.57 bits per heavy atom. The highest BCUT2D eigenvalue weighted by Crippen LogP contribution is 2.44. The number of hydrogen-bond donors (Lipinski definition) is 0. The zero-order valence-electron chi connectivity index (χ0n) is 31.6. The molecule has 0 radical (unpaired) electrons. The lowest BCUT2D eigenvalue weighted by atomic mass is 9.73. The van der Waals surface area contributed by atoms with Crippen LogP contribution in [0.5, 0.6) is 0 Å². The summed E-state index contributed by atoms with van der Waals surface area (Å²) in [5.74, 6) is 5.72. The molecule has 0 saturated carbocycles. The number of Topliss-reactive ketones (excluding diaryl/α,β-unsaturated/α-hetero) is 1. The van der Waals surface area contributed by atoms with Crippen LogP contribution in [0.25, 0.3) is 0 Å². The second kappa shape index (κ2) is 15.8. The molecule has 9 heteroatoms. The highest BCUT2D eigenvalue weighted by molar-refractivity contribution is 7.09. The minimum atomic E-state index is -2.38. The number of carbonyl (C=O) groups excluding carboxylic acids is 2. The molecule has 260 valence electrons. The van der Waals surface area contributed by atoms with E-state index in [1.807, 2.05) is 33.1 Å². The van der Waals surface area contributed by atoms with Crippen molar-refractivity contribution in [2.75, 3.05) is 0 Å². The predicted molar refractivity (Wildman–Crippen MR) is 197 cm³/mol. The first-order valence-corrected chi connectivity index (χ1v) is 23.8. The highest BCUT2D eigenvalue weighted by Gasteiger charge is 2.50. The molecule has 5 atom stereocenters. The van der Waals surface area contributed by atoms with Gasteiger partial charge < -0.3 is 13.6 Å². The van der Waals surface area contributed by atoms with Gasteiger partial charge in [-0.15, -0.1) is 11.3 Å². The van der Waals surface area contributed by atoms with Crippen LogP contribution in [-0.4, -0.2) is 51.7 Å². The SMILES string of the molecule is Cc1nc(C#C[C@@H]2C/C=C/CCC[C@H](C)[C@H](O[Si](C)(C)C(C)(C)C)[C@@H](C)C(=O)C(C)(C)[C@@H](O[Si](C)(C)C(C)(C)C)CC(=O)O2)cs1. The van der Waals surface area contributed by atoms with Crippen LogP contribution in [0.15, 0.2) is 17.5 Å². The largest absolute Gasteiger partial charge is 0.449 e. The van der Waals surface area contributed by atoms with Crippen LogP contribution >= 0.6 is 11.3 Å². The summed E-state index contributed by atoms with van der Waals surface area (Å²) in [6.07, 6.45) is 6.01. The average Bonchev–Trinajstić information content (AvgIpc) is 3.33. The van der Waals surface area contributed by atoms with Crippen molar-refractivity contribution in [3.8, 4) is 11.8 Å². The Labute approximate surface area is 287 Å². The van der Waals surface area contributed by atoms with Crippen LogP contribution < -0.4 is 0 Å². The summed E-state index contributed by atoms with van der Waals surface area (Å²) < 4.78 is 20.1. The van der Waals surface area contributed by atoms with Gasteiger partial charge in [-0.1, -0.05) is 87.3 Å². The molecule has 0 amide bonds. The van der Waals surface area contributed by atoms with Crippen LogP contribution in [0.3, 0.4) is 0 Å². The zero-order chi connectivity index (χ0) is 35.3. The molecular weight excluding hydrogens is 627 g/mol. The van der Waals surface area contributed by atoms with Gasteiger partial charge in [0.25, 0.3) is 0 Å². The number of carbonyl (C=O) groups is 2. The van der Waals surface area contributed by atoms with Gasteiger partial charge in [0, 0.05) is 23.1 Å². The van der Waals surface area contributed by atoms with Crippen molar-refractivity contribution in [1.82, 2.24) is 4.98 Å². The van der Waals surface area contributed by atoms with Crippen molar-refractivity contribution < 1.29 is 23.2 Å². The lowest BCUT2D eigenvalue weighted by Gasteiger charge is -2.46. The van der Waals surface area contributed by atoms with Crippen LogP contribution in [0.2, 0.25) is 36.3 Å². The number of aromatic nitrogens is 1. The van der Waals surface area contributed by atoms with Gasteiger partial charge in [-0.3, -0.25) is 9.59 Å². The smallest absolute Gasteiger partial charge is 0.309 e. The van der Waals surface area contributed by atoms with Gasteiger partial charge in [0.2, 0.25) is 0 Å². The zero-order valence-corrected chi connectivity index (χ0v) is 34.4. The van der Waals surface area contributed by atoms with E-state index in [-0.39, 0.29) is 40.2 Å². The van der Waals surface area contributed by atoms with Crippen molar-refractivity contribution in [3.05, 3.63) is 28.2 Å². The van der Waals surface area contributed by atoms with Gasteiger partial charge >= 0.3 is 5.97 Å². The standard InChI is InChI=1S/C37H63NO5SSi2/c1-26-20-18-16-17-19-21-30(23-22-29-25-44-28(3)38-29)41-32(39)24-31(42-45(12,13)35(4,5)6)37(10,11)34(40)27(2)33(26)43-46(14,15)36(7,8)9/h17,19,25-27,30-31,33H,16,18,20-21,24H2,1-15H3/b19-17+/t26-,27+,30-,31-,33-/m0/s1. The number of allylic oxidation sites excluding steroid dienone is 1. The maximum absolute atomic E-state index is 14.7. The molecule has 2 heterocycles. The van der Waals surface area contributed by atoms with Gasteiger partial charge in [0.05, 0.1) is 23.6 Å². The summed E-state index contributed by atoms with van der Waals surface area (Å²) in [4.78, 5) is 32.9. The monoisotopic (exact) mass is 689 g/mol. The number of rotatable bonds is 4. The topological polar surface area (TPSA) is 74.7 Å². The number of esters is 1. The van der Waals surface area contributed by atoms with E-state index in [0.717, 1.165) is 24.3 Å². The Balaban J connectivity index is 2.59. The van der Waals surface area contributed by atoms with Crippen LogP contribution in [0.1, 0.15) is 112 Å². The fourth-order valence-electron chi connectivity index (χ4n) is 5.23. The third-order valence-corrected chi connectivity index (χ3v) is 20.3. The molecule has 0 saturated heterocycles. The van der Waals surface area contributed by atoms with E-state index < -0.39 is 40.2 Å². The lowest BCUT2D eigenvalue weighted by Crippen LogP contribution is -2.54. The van der Waals surface area contributed by atoms with E-state index in [2.05, 4.69) is 104 Å². The number of ether oxygens (including phenoxy) is 1. The van der Waals surface area contributed by atoms with Gasteiger partial charge in [0.15, 0.2) is 22.7 Å². The second-order valence-corrected chi connectivity index (χ2v) is 27.5. The maximum atomic E-state index is 14.7. The van der Waals surface area contributed by atoms with E-state index in [1.54, 1.807) is 11.3 Å². The Hall–Kier alpha value is -1.58. The van der Waals surface area contributed by atoms with Crippen molar-refractivity contribution in [1.29, 1.82) is 0 Å². The molecule has 2 rings (SSSR count). The van der Waals surface area contributed by atoms with E-state index in [0.29, 0.717) is 12.1 Å². The average molecular weight is 690 g/mol. The predicted octanol–water partition coefficient (Wildman–Crippen LogP) is 9.88. The Morgan fingerprint density at radius 3 is 2.11 bits per heavy atom. The number of cyclic esters (lactones) is 1. The van der Waals surface area contributed by atoms with Crippen LogP contribution in [-0.2, 0) is 23.2 Å². The summed E-state index contributed by atoms with van der Waals surface area (Å²) in [5, 5.41) is 2.76. The molecule has 1 aliphatic heterocycles. The first kappa shape index (κ1) is 40.6. The summed E-state index contributed by atoms with van der Waals surface area (Å²) >= 11 is 1.54. The fraction of sp³-hybridized carbons (Fsp3) is 0.757. The number of ketones is 1. The summed E-state index contributed by atoms with van der Waals surface area (Å²) in [6.45, 7) is 32.2. The lowest BCUT2D eigenvalue weighted by molar-refractivity contribution is -0.152. The van der Waals surface area contributed by atoms with Gasteiger partial charge in [-0.2, -0.15) is 0 Å². The number of aryl methyl sites for hydroxylation is 1. The van der Waals surface area contributed by atoms with Gasteiger partial charge in [0.1, 0.15) is 11.5 Å². The third kappa shape index (κ3) is 11.0. The van der Waals surface area contributed by atoms with E-state index in [4.69, 9.17) is 13.6 Å². The Bertz CT molecular complexity index is 1270.